The standard InChI is InChI=1S/C9H13NS/c1-2-8-10(11)9-6-4-3-5-7-9/h3-7,11H,2,8H2,1H3. The van der Waals surface area contributed by atoms with Crippen molar-refractivity contribution in [3.05, 3.63) is 30.3 Å². The lowest BCUT2D eigenvalue weighted by atomic mass is 10.3. The Morgan fingerprint density at radius 2 is 1.91 bits per heavy atom. The molecule has 0 fully saturated rings. The lowest BCUT2D eigenvalue weighted by Crippen LogP contribution is -2.10. The van der Waals surface area contributed by atoms with E-state index in [-0.39, 0.29) is 0 Å². The van der Waals surface area contributed by atoms with E-state index in [0.717, 1.165) is 18.7 Å². The Kier molecular flexibility index (Phi) is 3.30. The van der Waals surface area contributed by atoms with Crippen molar-refractivity contribution in [1.29, 1.82) is 0 Å². The Morgan fingerprint density at radius 1 is 1.27 bits per heavy atom. The van der Waals surface area contributed by atoms with E-state index < -0.39 is 0 Å². The summed E-state index contributed by atoms with van der Waals surface area (Å²) in [6, 6.07) is 10.2. The first-order chi connectivity index (χ1) is 5.34. The molecule has 0 bridgehead atoms. The highest BCUT2D eigenvalue weighted by molar-refractivity contribution is 7.81. The van der Waals surface area contributed by atoms with Gasteiger partial charge in [-0.25, -0.2) is 0 Å². The molecule has 0 saturated carbocycles. The van der Waals surface area contributed by atoms with Crippen molar-refractivity contribution in [2.24, 2.45) is 0 Å². The number of thiol groups is 1. The first-order valence-electron chi connectivity index (χ1n) is 3.86. The molecule has 60 valence electrons. The molecule has 1 rings (SSSR count). The Hall–Kier alpha value is -0.630. The molecule has 2 heteroatoms. The van der Waals surface area contributed by atoms with E-state index in [1.54, 1.807) is 0 Å². The summed E-state index contributed by atoms with van der Waals surface area (Å²) in [7, 11) is 0. The summed E-state index contributed by atoms with van der Waals surface area (Å²) in [5, 5.41) is 0. The number of benzene rings is 1. The topological polar surface area (TPSA) is 3.24 Å². The molecule has 1 aromatic carbocycles. The summed E-state index contributed by atoms with van der Waals surface area (Å²) in [4.78, 5) is 0. The quantitative estimate of drug-likeness (QED) is 0.677. The zero-order valence-corrected chi connectivity index (χ0v) is 7.59. The molecule has 0 N–H and O–H groups in total. The Morgan fingerprint density at radius 3 is 2.45 bits per heavy atom. The number of anilines is 1. The van der Waals surface area contributed by atoms with Gasteiger partial charge in [0.15, 0.2) is 0 Å². The molecule has 1 aromatic rings. The van der Waals surface area contributed by atoms with Crippen LogP contribution in [0.15, 0.2) is 30.3 Å². The van der Waals surface area contributed by atoms with E-state index in [4.69, 9.17) is 0 Å². The first kappa shape index (κ1) is 8.47. The molecular formula is C9H13NS. The molecule has 0 aliphatic rings. The third-order valence-electron chi connectivity index (χ3n) is 1.49. The van der Waals surface area contributed by atoms with Crippen LogP contribution < -0.4 is 4.31 Å². The Labute approximate surface area is 73.6 Å². The van der Waals surface area contributed by atoms with Gasteiger partial charge in [-0.05, 0) is 18.6 Å². The average Bonchev–Trinajstić information content (AvgIpc) is 2.07. The molecule has 0 atom stereocenters. The van der Waals surface area contributed by atoms with E-state index >= 15 is 0 Å². The van der Waals surface area contributed by atoms with Crippen molar-refractivity contribution in [3.8, 4) is 0 Å². The highest BCUT2D eigenvalue weighted by Gasteiger charge is 1.96. The van der Waals surface area contributed by atoms with Crippen LogP contribution in [0.3, 0.4) is 0 Å². The average molecular weight is 167 g/mol. The van der Waals surface area contributed by atoms with E-state index in [9.17, 15) is 0 Å². The van der Waals surface area contributed by atoms with Crippen molar-refractivity contribution in [2.75, 3.05) is 10.8 Å². The Bertz CT molecular complexity index is 198. The maximum Gasteiger partial charge on any atom is 0.0467 e. The van der Waals surface area contributed by atoms with Crippen molar-refractivity contribution < 1.29 is 0 Å². The van der Waals surface area contributed by atoms with E-state index in [2.05, 4.69) is 31.9 Å². The summed E-state index contributed by atoms with van der Waals surface area (Å²) in [5.74, 6) is 0. The van der Waals surface area contributed by atoms with Crippen LogP contribution in [-0.4, -0.2) is 6.54 Å². The molecule has 0 heterocycles. The maximum atomic E-state index is 4.33. The molecular weight excluding hydrogens is 154 g/mol. The van der Waals surface area contributed by atoms with Crippen LogP contribution in [0.4, 0.5) is 5.69 Å². The van der Waals surface area contributed by atoms with Gasteiger partial charge >= 0.3 is 0 Å². The van der Waals surface area contributed by atoms with Gasteiger partial charge in [-0.1, -0.05) is 37.9 Å². The van der Waals surface area contributed by atoms with Crippen molar-refractivity contribution >= 4 is 18.5 Å². The lowest BCUT2D eigenvalue weighted by Gasteiger charge is -2.15. The molecule has 0 amide bonds. The molecule has 0 spiro atoms. The highest BCUT2D eigenvalue weighted by atomic mass is 32.1. The number of hydrogen-bond donors (Lipinski definition) is 1. The van der Waals surface area contributed by atoms with E-state index in [1.165, 1.54) is 0 Å². The summed E-state index contributed by atoms with van der Waals surface area (Å²) in [6.45, 7) is 3.14. The van der Waals surface area contributed by atoms with Crippen LogP contribution in [0.1, 0.15) is 13.3 Å². The van der Waals surface area contributed by atoms with Gasteiger partial charge in [0, 0.05) is 12.2 Å². The smallest absolute Gasteiger partial charge is 0.0467 e. The van der Waals surface area contributed by atoms with Crippen molar-refractivity contribution in [1.82, 2.24) is 0 Å². The molecule has 1 nitrogen and oxygen atoms in total. The van der Waals surface area contributed by atoms with Crippen LogP contribution in [-0.2, 0) is 0 Å². The summed E-state index contributed by atoms with van der Waals surface area (Å²) in [5.41, 5.74) is 1.16. The van der Waals surface area contributed by atoms with Gasteiger partial charge in [-0.3, -0.25) is 0 Å². The first-order valence-corrected chi connectivity index (χ1v) is 4.26. The molecule has 0 aliphatic carbocycles. The minimum Gasteiger partial charge on any atom is -0.319 e. The second-order valence-electron chi connectivity index (χ2n) is 2.46. The SMILES string of the molecule is CCCN(S)c1ccccc1. The fraction of sp³-hybridized carbons (Fsp3) is 0.333. The van der Waals surface area contributed by atoms with Crippen LogP contribution in [0.2, 0.25) is 0 Å². The van der Waals surface area contributed by atoms with Crippen LogP contribution in [0.5, 0.6) is 0 Å². The van der Waals surface area contributed by atoms with Gasteiger partial charge in [0.2, 0.25) is 0 Å². The number of para-hydroxylation sites is 1. The Balaban J connectivity index is 2.61. The van der Waals surface area contributed by atoms with Crippen LogP contribution in [0.25, 0.3) is 0 Å². The molecule has 0 saturated heterocycles. The number of nitrogens with zero attached hydrogens (tertiary/aromatic N) is 1. The lowest BCUT2D eigenvalue weighted by molar-refractivity contribution is 0.933. The third kappa shape index (κ3) is 2.46. The molecule has 0 unspecified atom stereocenters. The predicted octanol–water partition coefficient (Wildman–Crippen LogP) is 2.75. The fourth-order valence-electron chi connectivity index (χ4n) is 0.941. The predicted molar refractivity (Wildman–Crippen MR) is 53.1 cm³/mol. The summed E-state index contributed by atoms with van der Waals surface area (Å²) < 4.78 is 1.96. The minimum absolute atomic E-state index is 0.993. The summed E-state index contributed by atoms with van der Waals surface area (Å²) in [6.07, 6.45) is 1.12. The van der Waals surface area contributed by atoms with Gasteiger partial charge in [0.1, 0.15) is 0 Å². The van der Waals surface area contributed by atoms with Crippen molar-refractivity contribution in [2.45, 2.75) is 13.3 Å². The maximum absolute atomic E-state index is 4.33. The minimum atomic E-state index is 0.993. The van der Waals surface area contributed by atoms with Gasteiger partial charge in [-0.15, -0.1) is 0 Å². The third-order valence-corrected chi connectivity index (χ3v) is 1.92. The molecule has 0 radical (unpaired) electrons. The molecule has 11 heavy (non-hydrogen) atoms. The van der Waals surface area contributed by atoms with Crippen LogP contribution in [0, 0.1) is 0 Å². The van der Waals surface area contributed by atoms with E-state index in [0.29, 0.717) is 0 Å². The zero-order valence-electron chi connectivity index (χ0n) is 6.70. The number of rotatable bonds is 3. The van der Waals surface area contributed by atoms with Gasteiger partial charge in [-0.2, -0.15) is 0 Å². The van der Waals surface area contributed by atoms with E-state index in [1.807, 2.05) is 22.5 Å². The van der Waals surface area contributed by atoms with Crippen LogP contribution >= 0.6 is 12.8 Å². The molecule has 0 aliphatic heterocycles. The highest BCUT2D eigenvalue weighted by Crippen LogP contribution is 2.14. The van der Waals surface area contributed by atoms with Crippen molar-refractivity contribution in [3.63, 3.8) is 0 Å². The summed E-state index contributed by atoms with van der Waals surface area (Å²) >= 11 is 4.33. The van der Waals surface area contributed by atoms with Gasteiger partial charge < -0.3 is 4.31 Å². The molecule has 0 aromatic heterocycles. The number of hydrogen-bond acceptors (Lipinski definition) is 2. The normalized spacial score (nSPS) is 9.64. The monoisotopic (exact) mass is 167 g/mol. The fourth-order valence-corrected chi connectivity index (χ4v) is 1.27. The largest absolute Gasteiger partial charge is 0.319 e. The van der Waals surface area contributed by atoms with Gasteiger partial charge in [0.05, 0.1) is 0 Å². The second kappa shape index (κ2) is 4.29. The second-order valence-corrected chi connectivity index (χ2v) is 2.94. The van der Waals surface area contributed by atoms with Gasteiger partial charge in [0.25, 0.3) is 0 Å². The zero-order chi connectivity index (χ0) is 8.10.